The zero-order valence-electron chi connectivity index (χ0n) is 15.1. The number of ether oxygens (including phenoxy) is 1. The van der Waals surface area contributed by atoms with E-state index in [1.54, 1.807) is 24.3 Å². The number of carbonyl (C=O) groups is 1. The molecule has 0 saturated carbocycles. The standard InChI is InChI=1S/C19H17ClN2O5S/c1-26-19(23)13-6-8-17(9-7-13)22(28(2,24)25)11-16-12-27-18(21-16)14-4-3-5-15(20)10-14/h3-10,12H,11H2,1-2H3. The van der Waals surface area contributed by atoms with Crippen LogP contribution in [0.4, 0.5) is 5.69 Å². The highest BCUT2D eigenvalue weighted by Crippen LogP contribution is 2.25. The molecule has 1 heterocycles. The van der Waals surface area contributed by atoms with Crippen LogP contribution >= 0.6 is 11.6 Å². The molecule has 3 rings (SSSR count). The molecule has 0 saturated heterocycles. The van der Waals surface area contributed by atoms with Crippen molar-refractivity contribution in [2.75, 3.05) is 17.7 Å². The van der Waals surface area contributed by atoms with Crippen LogP contribution in [-0.2, 0) is 21.3 Å². The SMILES string of the molecule is COC(=O)c1ccc(N(Cc2coc(-c3cccc(Cl)c3)n2)S(C)(=O)=O)cc1. The highest BCUT2D eigenvalue weighted by Gasteiger charge is 2.20. The Bertz CT molecular complexity index is 1090. The Hall–Kier alpha value is -2.84. The fourth-order valence-electron chi connectivity index (χ4n) is 2.56. The van der Waals surface area contributed by atoms with Crippen molar-refractivity contribution in [1.82, 2.24) is 4.98 Å². The molecule has 0 radical (unpaired) electrons. The molecule has 1 aromatic heterocycles. The lowest BCUT2D eigenvalue weighted by Gasteiger charge is -2.21. The second-order valence-corrected chi connectivity index (χ2v) is 8.31. The molecule has 0 aliphatic rings. The molecule has 0 spiro atoms. The van der Waals surface area contributed by atoms with Gasteiger partial charge in [-0.05, 0) is 42.5 Å². The van der Waals surface area contributed by atoms with Crippen molar-refractivity contribution in [3.05, 3.63) is 71.1 Å². The van der Waals surface area contributed by atoms with Crippen LogP contribution < -0.4 is 4.31 Å². The average molecular weight is 421 g/mol. The van der Waals surface area contributed by atoms with Crippen LogP contribution in [0.2, 0.25) is 5.02 Å². The van der Waals surface area contributed by atoms with Crippen LogP contribution in [0, 0.1) is 0 Å². The van der Waals surface area contributed by atoms with Crippen LogP contribution in [0.1, 0.15) is 16.1 Å². The van der Waals surface area contributed by atoms with Gasteiger partial charge in [0, 0.05) is 10.6 Å². The lowest BCUT2D eigenvalue weighted by atomic mass is 10.2. The highest BCUT2D eigenvalue weighted by atomic mass is 35.5. The predicted octanol–water partition coefficient (Wildman–Crippen LogP) is 3.75. The number of sulfonamides is 1. The molecule has 0 bridgehead atoms. The molecule has 7 nitrogen and oxygen atoms in total. The third kappa shape index (κ3) is 4.52. The molecule has 9 heteroatoms. The van der Waals surface area contributed by atoms with E-state index in [4.69, 9.17) is 16.0 Å². The normalized spacial score (nSPS) is 11.2. The Morgan fingerprint density at radius 2 is 1.93 bits per heavy atom. The Kier molecular flexibility index (Phi) is 5.71. The highest BCUT2D eigenvalue weighted by molar-refractivity contribution is 7.92. The molecule has 0 unspecified atom stereocenters. The Morgan fingerprint density at radius 3 is 2.54 bits per heavy atom. The van der Waals surface area contributed by atoms with Gasteiger partial charge in [0.2, 0.25) is 15.9 Å². The number of methoxy groups -OCH3 is 1. The van der Waals surface area contributed by atoms with E-state index in [9.17, 15) is 13.2 Å². The number of nitrogens with zero attached hydrogens (tertiary/aromatic N) is 2. The quantitative estimate of drug-likeness (QED) is 0.564. The fraction of sp³-hybridized carbons (Fsp3) is 0.158. The molecule has 0 atom stereocenters. The number of carbonyl (C=O) groups excluding carboxylic acids is 1. The van der Waals surface area contributed by atoms with Crippen LogP contribution in [0.5, 0.6) is 0 Å². The molecule has 0 aliphatic heterocycles. The molecule has 2 aromatic carbocycles. The molecule has 0 N–H and O–H groups in total. The minimum atomic E-state index is -3.60. The second kappa shape index (κ2) is 8.04. The van der Waals surface area contributed by atoms with Crippen molar-refractivity contribution in [1.29, 1.82) is 0 Å². The summed E-state index contributed by atoms with van der Waals surface area (Å²) in [4.78, 5) is 15.9. The van der Waals surface area contributed by atoms with E-state index in [0.29, 0.717) is 33.4 Å². The van der Waals surface area contributed by atoms with Crippen molar-refractivity contribution in [3.63, 3.8) is 0 Å². The summed E-state index contributed by atoms with van der Waals surface area (Å²) in [5.74, 6) is -0.160. The van der Waals surface area contributed by atoms with E-state index in [1.165, 1.54) is 41.9 Å². The fourth-order valence-corrected chi connectivity index (χ4v) is 3.62. The van der Waals surface area contributed by atoms with Crippen molar-refractivity contribution in [2.24, 2.45) is 0 Å². The van der Waals surface area contributed by atoms with Gasteiger partial charge in [-0.2, -0.15) is 0 Å². The maximum atomic E-state index is 12.3. The molecule has 3 aromatic rings. The summed E-state index contributed by atoms with van der Waals surface area (Å²) >= 11 is 5.98. The summed E-state index contributed by atoms with van der Waals surface area (Å²) in [5, 5.41) is 0.542. The van der Waals surface area contributed by atoms with Gasteiger partial charge in [-0.3, -0.25) is 4.31 Å². The average Bonchev–Trinajstić information content (AvgIpc) is 3.14. The molecular formula is C19H17ClN2O5S. The minimum absolute atomic E-state index is 0.0273. The molecule has 0 amide bonds. The first kappa shape index (κ1) is 19.9. The van der Waals surface area contributed by atoms with Crippen LogP contribution in [0.3, 0.4) is 0 Å². The van der Waals surface area contributed by atoms with Crippen LogP contribution in [-0.4, -0.2) is 32.7 Å². The first-order chi connectivity index (χ1) is 13.3. The van der Waals surface area contributed by atoms with Gasteiger partial charge in [0.25, 0.3) is 0 Å². The number of esters is 1. The summed E-state index contributed by atoms with van der Waals surface area (Å²) in [6.07, 6.45) is 2.50. The lowest BCUT2D eigenvalue weighted by molar-refractivity contribution is 0.0600. The third-order valence-electron chi connectivity index (χ3n) is 3.91. The van der Waals surface area contributed by atoms with E-state index in [0.717, 1.165) is 6.26 Å². The van der Waals surface area contributed by atoms with Crippen molar-refractivity contribution >= 4 is 33.3 Å². The number of hydrogen-bond acceptors (Lipinski definition) is 6. The smallest absolute Gasteiger partial charge is 0.337 e. The number of hydrogen-bond donors (Lipinski definition) is 0. The summed E-state index contributed by atoms with van der Waals surface area (Å²) in [6, 6.07) is 13.1. The lowest BCUT2D eigenvalue weighted by Crippen LogP contribution is -2.29. The summed E-state index contributed by atoms with van der Waals surface area (Å²) in [7, 11) is -2.32. The summed E-state index contributed by atoms with van der Waals surface area (Å²) in [6.45, 7) is -0.0273. The number of rotatable bonds is 6. The van der Waals surface area contributed by atoms with Crippen molar-refractivity contribution in [2.45, 2.75) is 6.54 Å². The monoisotopic (exact) mass is 420 g/mol. The van der Waals surface area contributed by atoms with Crippen LogP contribution in [0.25, 0.3) is 11.5 Å². The van der Waals surface area contributed by atoms with E-state index in [2.05, 4.69) is 9.72 Å². The molecule has 0 aliphatic carbocycles. The van der Waals surface area contributed by atoms with Crippen molar-refractivity contribution in [3.8, 4) is 11.5 Å². The molecular weight excluding hydrogens is 404 g/mol. The van der Waals surface area contributed by atoms with Gasteiger partial charge in [-0.25, -0.2) is 18.2 Å². The van der Waals surface area contributed by atoms with Gasteiger partial charge >= 0.3 is 5.97 Å². The van der Waals surface area contributed by atoms with E-state index >= 15 is 0 Å². The van der Waals surface area contributed by atoms with Gasteiger partial charge in [0.05, 0.1) is 31.2 Å². The zero-order chi connectivity index (χ0) is 20.3. The Balaban J connectivity index is 1.87. The zero-order valence-corrected chi connectivity index (χ0v) is 16.7. The number of oxazole rings is 1. The minimum Gasteiger partial charge on any atom is -0.465 e. The van der Waals surface area contributed by atoms with Gasteiger partial charge in [0.1, 0.15) is 12.0 Å². The number of benzene rings is 2. The topological polar surface area (TPSA) is 89.7 Å². The summed E-state index contributed by atoms with van der Waals surface area (Å²) < 4.78 is 35.9. The second-order valence-electron chi connectivity index (χ2n) is 5.96. The third-order valence-corrected chi connectivity index (χ3v) is 5.28. The Morgan fingerprint density at radius 1 is 1.21 bits per heavy atom. The largest absolute Gasteiger partial charge is 0.465 e. The van der Waals surface area contributed by atoms with Gasteiger partial charge < -0.3 is 9.15 Å². The molecule has 146 valence electrons. The molecule has 0 fully saturated rings. The first-order valence-corrected chi connectivity index (χ1v) is 10.4. The van der Waals surface area contributed by atoms with Crippen molar-refractivity contribution < 1.29 is 22.4 Å². The molecule has 28 heavy (non-hydrogen) atoms. The first-order valence-electron chi connectivity index (χ1n) is 8.14. The van der Waals surface area contributed by atoms with Gasteiger partial charge in [-0.15, -0.1) is 0 Å². The van der Waals surface area contributed by atoms with Crippen LogP contribution in [0.15, 0.2) is 59.2 Å². The predicted molar refractivity (Wildman–Crippen MR) is 106 cm³/mol. The van der Waals surface area contributed by atoms with E-state index in [1.807, 2.05) is 0 Å². The Labute approximate surface area is 167 Å². The van der Waals surface area contributed by atoms with Gasteiger partial charge in [-0.1, -0.05) is 17.7 Å². The summed E-state index contributed by atoms with van der Waals surface area (Å²) in [5.41, 5.74) is 1.83. The number of aromatic nitrogens is 1. The maximum absolute atomic E-state index is 12.3. The maximum Gasteiger partial charge on any atom is 0.337 e. The van der Waals surface area contributed by atoms with Gasteiger partial charge in [0.15, 0.2) is 0 Å². The number of halogens is 1. The van der Waals surface area contributed by atoms with E-state index < -0.39 is 16.0 Å². The van der Waals surface area contributed by atoms with E-state index in [-0.39, 0.29) is 6.54 Å². The number of anilines is 1.